The fraction of sp³-hybridized carbons (Fsp3) is 0.429. The SMILES string of the molecule is CC1=CC=CC(C)[N+]1=O.CC1=CC=CC(C)[N+]1=O.O=[N+]([O-])O.O=[N+]([O-])O.[Mn]. The molecule has 0 aromatic rings. The molecule has 2 aliphatic heterocycles. The molecule has 1 radical (unpaired) electrons. The standard InChI is InChI=1S/2C7H10NO.Mn.2HNO3/c2*1-6-4-3-5-7(2)8(6)9;;2*2-1(3)4/h2*3-6H,1-2H3;;2*(H,2,3,4)/q2*+1;;;. The van der Waals surface area contributed by atoms with Crippen LogP contribution in [0.5, 0.6) is 0 Å². The van der Waals surface area contributed by atoms with Gasteiger partial charge in [0.1, 0.15) is 0 Å². The molecule has 2 heterocycles. The number of rotatable bonds is 0. The minimum absolute atomic E-state index is 0. The van der Waals surface area contributed by atoms with Crippen molar-refractivity contribution in [2.45, 2.75) is 39.8 Å². The summed E-state index contributed by atoms with van der Waals surface area (Å²) in [5.41, 5.74) is 1.56. The fourth-order valence-electron chi connectivity index (χ4n) is 1.66. The van der Waals surface area contributed by atoms with Gasteiger partial charge in [0, 0.05) is 76.2 Å². The number of allylic oxidation sites excluding steroid dienone is 6. The Balaban J connectivity index is -0.000000303. The third-order valence-corrected chi connectivity index (χ3v) is 2.89. The van der Waals surface area contributed by atoms with E-state index in [0.717, 1.165) is 20.9 Å². The van der Waals surface area contributed by atoms with Crippen LogP contribution in [0.1, 0.15) is 27.7 Å². The Labute approximate surface area is 165 Å². The molecule has 2 N–H and O–H groups in total. The van der Waals surface area contributed by atoms with Crippen LogP contribution in [-0.4, -0.2) is 42.2 Å². The average molecular weight is 429 g/mol. The quantitative estimate of drug-likeness (QED) is 0.256. The zero-order valence-electron chi connectivity index (χ0n) is 15.1. The van der Waals surface area contributed by atoms with Crippen molar-refractivity contribution in [2.75, 3.05) is 0 Å². The van der Waals surface area contributed by atoms with E-state index in [4.69, 9.17) is 30.6 Å². The van der Waals surface area contributed by atoms with E-state index < -0.39 is 10.2 Å². The van der Waals surface area contributed by atoms with E-state index in [0.29, 0.717) is 0 Å². The monoisotopic (exact) mass is 429 g/mol. The molecule has 0 aromatic heterocycles. The minimum Gasteiger partial charge on any atom is -0.328 e. The van der Waals surface area contributed by atoms with Gasteiger partial charge in [-0.2, -0.15) is 0 Å². The summed E-state index contributed by atoms with van der Waals surface area (Å²) in [5, 5.41) is 27.3. The topological polar surface area (TPSA) is 167 Å². The van der Waals surface area contributed by atoms with Crippen molar-refractivity contribution < 1.29 is 47.2 Å². The third kappa shape index (κ3) is 16.3. The molecule has 0 spiro atoms. The summed E-state index contributed by atoms with van der Waals surface area (Å²) in [6, 6.07) is 0.0185. The smallest absolute Gasteiger partial charge is 0.291 e. The molecule has 0 aromatic carbocycles. The van der Waals surface area contributed by atoms with Gasteiger partial charge in [0.05, 0.1) is 0 Å². The third-order valence-electron chi connectivity index (χ3n) is 2.89. The molecule has 0 saturated heterocycles. The van der Waals surface area contributed by atoms with Crippen LogP contribution in [0.25, 0.3) is 0 Å². The van der Waals surface area contributed by atoms with Crippen molar-refractivity contribution in [3.63, 3.8) is 0 Å². The molecule has 2 unspecified atom stereocenters. The summed E-state index contributed by atoms with van der Waals surface area (Å²) in [6.07, 6.45) is 11.2. The Morgan fingerprint density at radius 2 is 1.07 bits per heavy atom. The van der Waals surface area contributed by atoms with Crippen LogP contribution in [-0.2, 0) is 17.1 Å². The van der Waals surface area contributed by atoms with Crippen molar-refractivity contribution in [2.24, 2.45) is 0 Å². The van der Waals surface area contributed by atoms with Gasteiger partial charge < -0.3 is 10.4 Å². The first-order chi connectivity index (χ1) is 11.9. The van der Waals surface area contributed by atoms with Crippen LogP contribution in [0, 0.1) is 30.0 Å². The van der Waals surface area contributed by atoms with Gasteiger partial charge in [-0.1, -0.05) is 12.2 Å². The van der Waals surface area contributed by atoms with Crippen LogP contribution in [0.2, 0.25) is 0 Å². The van der Waals surface area contributed by atoms with Crippen molar-refractivity contribution >= 4 is 0 Å². The van der Waals surface area contributed by atoms with Crippen molar-refractivity contribution in [3.05, 3.63) is 77.9 Å². The van der Waals surface area contributed by atoms with Gasteiger partial charge in [0.15, 0.2) is 0 Å². The number of nitroso groups, excluding NO2 is 2. The fourth-order valence-corrected chi connectivity index (χ4v) is 1.66. The molecular formula is C14H22MnN4O8+2. The van der Waals surface area contributed by atoms with Gasteiger partial charge >= 0.3 is 0 Å². The van der Waals surface area contributed by atoms with E-state index in [1.54, 1.807) is 0 Å². The number of hydrogen-bond donors (Lipinski definition) is 2. The summed E-state index contributed by atoms with van der Waals surface area (Å²) in [4.78, 5) is 38.6. The first kappa shape index (κ1) is 28.9. The molecule has 13 heteroatoms. The zero-order chi connectivity index (χ0) is 20.9. The molecule has 27 heavy (non-hydrogen) atoms. The van der Waals surface area contributed by atoms with Crippen molar-refractivity contribution in [3.8, 4) is 0 Å². The molecule has 2 rings (SSSR count). The van der Waals surface area contributed by atoms with Crippen molar-refractivity contribution in [1.29, 1.82) is 0 Å². The number of hydrogen-bond acceptors (Lipinski definition) is 6. The molecule has 0 fully saturated rings. The van der Waals surface area contributed by atoms with Crippen LogP contribution < -0.4 is 0 Å². The second-order valence-corrected chi connectivity index (χ2v) is 4.99. The van der Waals surface area contributed by atoms with Crippen LogP contribution in [0.15, 0.2) is 47.9 Å². The van der Waals surface area contributed by atoms with Crippen LogP contribution >= 0.6 is 0 Å². The molecule has 0 aliphatic carbocycles. The first-order valence-corrected chi connectivity index (χ1v) is 7.19. The maximum absolute atomic E-state index is 10.9. The molecule has 12 nitrogen and oxygen atoms in total. The second-order valence-electron chi connectivity index (χ2n) is 4.99. The summed E-state index contributed by atoms with van der Waals surface area (Å²) in [6.45, 7) is 7.38. The molecule has 2 atom stereocenters. The summed E-state index contributed by atoms with van der Waals surface area (Å²) in [7, 11) is 0. The van der Waals surface area contributed by atoms with Gasteiger partial charge in [0.25, 0.3) is 10.2 Å². The zero-order valence-corrected chi connectivity index (χ0v) is 16.3. The largest absolute Gasteiger partial charge is 0.328 e. The van der Waals surface area contributed by atoms with E-state index in [1.165, 1.54) is 0 Å². The average Bonchev–Trinajstić information content (AvgIpc) is 2.50. The first-order valence-electron chi connectivity index (χ1n) is 7.19. The van der Waals surface area contributed by atoms with Gasteiger partial charge in [0.2, 0.25) is 23.5 Å². The van der Waals surface area contributed by atoms with Gasteiger partial charge in [-0.3, -0.25) is 0 Å². The predicted molar refractivity (Wildman–Crippen MR) is 89.5 cm³/mol. The Bertz CT molecular complexity index is 594. The molecule has 0 saturated carbocycles. The molecular weight excluding hydrogens is 407 g/mol. The summed E-state index contributed by atoms with van der Waals surface area (Å²) < 4.78 is 2.00. The predicted octanol–water partition coefficient (Wildman–Crippen LogP) is 2.56. The second kappa shape index (κ2) is 15.3. The summed E-state index contributed by atoms with van der Waals surface area (Å²) >= 11 is 0. The Morgan fingerprint density at radius 1 is 0.852 bits per heavy atom. The molecule has 0 amide bonds. The van der Waals surface area contributed by atoms with E-state index in [9.17, 15) is 9.81 Å². The van der Waals surface area contributed by atoms with Crippen molar-refractivity contribution in [1.82, 2.24) is 0 Å². The van der Waals surface area contributed by atoms with E-state index in [2.05, 4.69) is 0 Å². The van der Waals surface area contributed by atoms with E-state index >= 15 is 0 Å². The maximum atomic E-state index is 10.9. The van der Waals surface area contributed by atoms with E-state index in [-0.39, 0.29) is 29.2 Å². The van der Waals surface area contributed by atoms with Gasteiger partial charge in [-0.15, -0.1) is 20.2 Å². The molecule has 0 bridgehead atoms. The normalized spacial score (nSPS) is 19.3. The molecule has 2 aliphatic rings. The van der Waals surface area contributed by atoms with Crippen LogP contribution in [0.4, 0.5) is 0 Å². The minimum atomic E-state index is -1.50. The Hall–Kier alpha value is -2.92. The van der Waals surface area contributed by atoms with Crippen LogP contribution in [0.3, 0.4) is 0 Å². The van der Waals surface area contributed by atoms with Gasteiger partial charge in [-0.25, -0.2) is 0 Å². The maximum Gasteiger partial charge on any atom is 0.291 e. The Kier molecular flexibility index (Phi) is 16.4. The van der Waals surface area contributed by atoms with E-state index in [1.807, 2.05) is 64.2 Å². The van der Waals surface area contributed by atoms with Gasteiger partial charge in [-0.05, 0) is 12.2 Å². The Morgan fingerprint density at radius 3 is 1.22 bits per heavy atom. The summed E-state index contributed by atoms with van der Waals surface area (Å²) in [5.74, 6) is 0. The number of nitrogens with zero attached hydrogens (tertiary/aromatic N) is 4. The molecule has 151 valence electrons.